The zero-order chi connectivity index (χ0) is 43.2. The van der Waals surface area contributed by atoms with Gasteiger partial charge in [-0.15, -0.1) is 0 Å². The highest BCUT2D eigenvalue weighted by atomic mass is 16.5. The van der Waals surface area contributed by atoms with Crippen LogP contribution in [0.2, 0.25) is 0 Å². The molecule has 0 unspecified atom stereocenters. The standard InChI is InChI=1S/C52H57N5O/c1-49(2,3)32-34-17-20-44-46(25-34)55(38-27-36(51(7,8)9)26-37(28-38)52(10,11)12)33-56(44)47-31-40(22-24-53-47)58-39-18-19-42-41-15-13-14-16-43(41)57(45(42)30-39)48-29-35(21-23-54-48)50(4,5)6/h13-31H,32H2,1-12H3/i32D2. The van der Waals surface area contributed by atoms with Crippen molar-refractivity contribution in [2.45, 2.75) is 106 Å². The van der Waals surface area contributed by atoms with Crippen LogP contribution in [0.3, 0.4) is 0 Å². The van der Waals surface area contributed by atoms with Gasteiger partial charge in [0.25, 0.3) is 6.33 Å². The highest BCUT2D eigenvalue weighted by Crippen LogP contribution is 2.37. The van der Waals surface area contributed by atoms with Gasteiger partial charge in [-0.3, -0.25) is 18.7 Å². The Balaban J connectivity index is 1.26. The third-order valence-electron chi connectivity index (χ3n) is 10.8. The molecule has 0 saturated heterocycles. The smallest absolute Gasteiger partial charge is 0.271 e. The third kappa shape index (κ3) is 7.65. The molecule has 0 aliphatic rings. The van der Waals surface area contributed by atoms with Crippen molar-refractivity contribution in [1.29, 1.82) is 0 Å². The lowest BCUT2D eigenvalue weighted by molar-refractivity contribution is -0.572. The first-order chi connectivity index (χ1) is 28.0. The van der Waals surface area contributed by atoms with Gasteiger partial charge in [-0.05, 0) is 99.3 Å². The maximum atomic E-state index is 9.19. The van der Waals surface area contributed by atoms with E-state index in [-0.39, 0.29) is 16.2 Å². The van der Waals surface area contributed by atoms with Crippen LogP contribution in [0.25, 0.3) is 50.2 Å². The first kappa shape index (κ1) is 36.6. The van der Waals surface area contributed by atoms with Crippen LogP contribution in [0.5, 0.6) is 11.5 Å². The number of benzene rings is 4. The van der Waals surface area contributed by atoms with Gasteiger partial charge >= 0.3 is 0 Å². The van der Waals surface area contributed by atoms with Crippen LogP contribution in [0, 0.1) is 11.7 Å². The molecule has 0 atom stereocenters. The number of ether oxygens (including phenoxy) is 1. The van der Waals surface area contributed by atoms with Crippen molar-refractivity contribution >= 4 is 32.8 Å². The number of aromatic nitrogens is 5. The lowest BCUT2D eigenvalue weighted by Gasteiger charge is -2.26. The van der Waals surface area contributed by atoms with E-state index in [0.29, 0.717) is 22.9 Å². The summed E-state index contributed by atoms with van der Waals surface area (Å²) < 4.78 is 31.3. The molecule has 8 aromatic rings. The van der Waals surface area contributed by atoms with Crippen LogP contribution in [-0.2, 0) is 22.6 Å². The van der Waals surface area contributed by atoms with Crippen LogP contribution < -0.4 is 9.30 Å². The topological polar surface area (TPSA) is 48.8 Å². The molecule has 0 saturated carbocycles. The summed E-state index contributed by atoms with van der Waals surface area (Å²) in [6.45, 7) is 25.9. The van der Waals surface area contributed by atoms with Gasteiger partial charge in [-0.1, -0.05) is 125 Å². The zero-order valence-corrected chi connectivity index (χ0v) is 36.1. The third-order valence-corrected chi connectivity index (χ3v) is 10.8. The minimum absolute atomic E-state index is 0.0279. The largest absolute Gasteiger partial charge is 0.458 e. The normalized spacial score (nSPS) is 13.7. The Labute approximate surface area is 347 Å². The lowest BCUT2D eigenvalue weighted by Crippen LogP contribution is -2.31. The average Bonchev–Trinajstić information content (AvgIpc) is 3.72. The Morgan fingerprint density at radius 3 is 1.91 bits per heavy atom. The maximum absolute atomic E-state index is 9.19. The summed E-state index contributed by atoms with van der Waals surface area (Å²) in [6.07, 6.45) is 5.72. The van der Waals surface area contributed by atoms with E-state index in [1.165, 1.54) is 16.7 Å². The molecule has 0 bridgehead atoms. The van der Waals surface area contributed by atoms with Gasteiger partial charge in [-0.25, -0.2) is 4.98 Å². The molecule has 0 fully saturated rings. The van der Waals surface area contributed by atoms with Crippen LogP contribution in [0.4, 0.5) is 0 Å². The number of imidazole rings is 1. The number of pyridine rings is 2. The van der Waals surface area contributed by atoms with Gasteiger partial charge in [0.05, 0.1) is 27.8 Å². The Bertz CT molecular complexity index is 2890. The lowest BCUT2D eigenvalue weighted by atomic mass is 9.80. The first-order valence-electron chi connectivity index (χ1n) is 21.3. The molecule has 4 aromatic heterocycles. The SMILES string of the molecule is [2H]C([2H])(c1ccc2c(c1)[n+](-c1cc(C(C)(C)C)cc(C(C)(C)C)c1)[c-]n2-c1cc(Oc2ccc3c4ccccc4n(-c4cc(C(C)(C)C)ccn4)c3c2)ccn1)C(C)(C)C. The summed E-state index contributed by atoms with van der Waals surface area (Å²) in [6, 6.07) is 35.4. The van der Waals surface area contributed by atoms with E-state index in [1.54, 1.807) is 6.20 Å². The summed E-state index contributed by atoms with van der Waals surface area (Å²) in [5.74, 6) is 2.81. The van der Waals surface area contributed by atoms with Crippen molar-refractivity contribution in [3.63, 3.8) is 0 Å². The number of para-hydroxylation sites is 1. The molecule has 6 nitrogen and oxygen atoms in total. The molecule has 6 heteroatoms. The van der Waals surface area contributed by atoms with E-state index in [9.17, 15) is 2.74 Å². The van der Waals surface area contributed by atoms with Gasteiger partial charge in [0.2, 0.25) is 0 Å². The van der Waals surface area contributed by atoms with Crippen molar-refractivity contribution in [3.05, 3.63) is 144 Å². The second-order valence-corrected chi connectivity index (χ2v) is 19.8. The number of rotatable bonds is 6. The molecule has 0 amide bonds. The molecule has 58 heavy (non-hydrogen) atoms. The molecule has 0 spiro atoms. The second kappa shape index (κ2) is 14.0. The molecular formula is C52H57N5O. The first-order valence-corrected chi connectivity index (χ1v) is 20.3. The van der Waals surface area contributed by atoms with Crippen LogP contribution in [0.1, 0.15) is 108 Å². The molecule has 0 N–H and O–H groups in total. The fourth-order valence-electron chi connectivity index (χ4n) is 7.58. The van der Waals surface area contributed by atoms with Crippen molar-refractivity contribution in [3.8, 4) is 28.8 Å². The van der Waals surface area contributed by atoms with E-state index < -0.39 is 11.8 Å². The highest BCUT2D eigenvalue weighted by molar-refractivity contribution is 6.09. The van der Waals surface area contributed by atoms with E-state index in [2.05, 4.69) is 145 Å². The summed E-state index contributed by atoms with van der Waals surface area (Å²) >= 11 is 0. The Morgan fingerprint density at radius 2 is 1.22 bits per heavy atom. The van der Waals surface area contributed by atoms with Crippen LogP contribution in [0.15, 0.2) is 116 Å². The number of nitrogens with zero attached hydrogens (tertiary/aromatic N) is 5. The molecule has 0 aliphatic heterocycles. The monoisotopic (exact) mass is 769 g/mol. The van der Waals surface area contributed by atoms with Gasteiger partial charge in [0.1, 0.15) is 17.3 Å². The zero-order valence-electron chi connectivity index (χ0n) is 38.1. The molecule has 0 radical (unpaired) electrons. The maximum Gasteiger partial charge on any atom is 0.271 e. The van der Waals surface area contributed by atoms with Crippen molar-refractivity contribution in [2.24, 2.45) is 5.41 Å². The molecule has 296 valence electrons. The summed E-state index contributed by atoms with van der Waals surface area (Å²) in [5.41, 5.74) is 8.15. The molecule has 8 rings (SSSR count). The predicted molar refractivity (Wildman–Crippen MR) is 239 cm³/mol. The predicted octanol–water partition coefficient (Wildman–Crippen LogP) is 12.9. The van der Waals surface area contributed by atoms with E-state index >= 15 is 0 Å². The van der Waals surface area contributed by atoms with Crippen molar-refractivity contribution in [1.82, 2.24) is 19.1 Å². The van der Waals surface area contributed by atoms with Gasteiger partial charge in [0.15, 0.2) is 5.82 Å². The van der Waals surface area contributed by atoms with Gasteiger partial charge in [-0.2, -0.15) is 0 Å². The van der Waals surface area contributed by atoms with E-state index in [1.807, 2.05) is 67.9 Å². The van der Waals surface area contributed by atoms with Gasteiger partial charge < -0.3 is 4.74 Å². The molecule has 4 aromatic carbocycles. The second-order valence-electron chi connectivity index (χ2n) is 19.8. The van der Waals surface area contributed by atoms with Gasteiger partial charge in [0, 0.05) is 38.0 Å². The summed E-state index contributed by atoms with van der Waals surface area (Å²) in [4.78, 5) is 9.70. The Morgan fingerprint density at radius 1 is 0.586 bits per heavy atom. The number of fused-ring (bicyclic) bond motifs is 4. The summed E-state index contributed by atoms with van der Waals surface area (Å²) in [5, 5.41) is 2.27. The number of hydrogen-bond acceptors (Lipinski definition) is 3. The summed E-state index contributed by atoms with van der Waals surface area (Å²) in [7, 11) is 0. The minimum atomic E-state index is -1.59. The van der Waals surface area contributed by atoms with Crippen molar-refractivity contribution < 1.29 is 12.0 Å². The molecule has 4 heterocycles. The average molecular weight is 770 g/mol. The molecule has 0 aliphatic carbocycles. The van der Waals surface area contributed by atoms with Crippen molar-refractivity contribution in [2.75, 3.05) is 0 Å². The fraction of sp³-hybridized carbons (Fsp3) is 0.327. The van der Waals surface area contributed by atoms with Crippen LogP contribution >= 0.6 is 0 Å². The van der Waals surface area contributed by atoms with E-state index in [0.717, 1.165) is 44.3 Å². The Hall–Kier alpha value is -5.75. The van der Waals surface area contributed by atoms with E-state index in [4.69, 9.17) is 14.7 Å². The van der Waals surface area contributed by atoms with Crippen LogP contribution in [-0.4, -0.2) is 19.1 Å². The minimum Gasteiger partial charge on any atom is -0.458 e. The number of hydrogen-bond donors (Lipinski definition) is 0. The molecular weight excluding hydrogens is 711 g/mol. The Kier molecular flexibility index (Phi) is 8.81. The quantitative estimate of drug-likeness (QED) is 0.125. The highest BCUT2D eigenvalue weighted by Gasteiger charge is 2.24. The fourth-order valence-corrected chi connectivity index (χ4v) is 7.58.